The lowest BCUT2D eigenvalue weighted by molar-refractivity contribution is -0.125. The molecule has 120 valence electrons. The molecule has 21 heavy (non-hydrogen) atoms. The number of hydrogen-bond acceptors (Lipinski definition) is 4. The van der Waals surface area contributed by atoms with Gasteiger partial charge in [0.05, 0.1) is 16.8 Å². The minimum Gasteiger partial charge on any atom is -0.377 e. The molecule has 0 bridgehead atoms. The summed E-state index contributed by atoms with van der Waals surface area (Å²) < 4.78 is 6.05. The molecule has 1 saturated carbocycles. The van der Waals surface area contributed by atoms with E-state index in [1.807, 2.05) is 11.3 Å². The Hall–Kier alpha value is -0.450. The molecule has 1 aliphatic rings. The third-order valence-corrected chi connectivity index (χ3v) is 5.85. The third kappa shape index (κ3) is 3.66. The molecule has 3 nitrogen and oxygen atoms in total. The molecule has 3 atom stereocenters. The number of rotatable bonds is 6. The van der Waals surface area contributed by atoms with Crippen molar-refractivity contribution in [3.8, 4) is 0 Å². The van der Waals surface area contributed by atoms with Crippen molar-refractivity contribution in [3.05, 3.63) is 15.6 Å². The average molecular weight is 311 g/mol. The second kappa shape index (κ2) is 6.35. The van der Waals surface area contributed by atoms with Crippen LogP contribution in [-0.4, -0.2) is 23.7 Å². The number of aromatic nitrogens is 1. The van der Waals surface area contributed by atoms with Gasteiger partial charge in [-0.25, -0.2) is 4.98 Å². The monoisotopic (exact) mass is 310 g/mol. The fourth-order valence-corrected chi connectivity index (χ4v) is 4.02. The second-order valence-electron chi connectivity index (χ2n) is 7.40. The van der Waals surface area contributed by atoms with Crippen molar-refractivity contribution in [3.63, 3.8) is 0 Å². The summed E-state index contributed by atoms with van der Waals surface area (Å²) in [5.74, 6) is 0.606. The van der Waals surface area contributed by atoms with Crippen LogP contribution in [0.3, 0.4) is 0 Å². The van der Waals surface area contributed by atoms with E-state index in [-0.39, 0.29) is 5.41 Å². The molecule has 0 amide bonds. The Balaban J connectivity index is 1.91. The van der Waals surface area contributed by atoms with E-state index < -0.39 is 0 Å². The van der Waals surface area contributed by atoms with Crippen LogP contribution in [0.2, 0.25) is 0 Å². The zero-order chi connectivity index (χ0) is 15.8. The second-order valence-corrected chi connectivity index (χ2v) is 8.63. The first-order valence-electron chi connectivity index (χ1n) is 8.03. The average Bonchev–Trinajstić information content (AvgIpc) is 2.71. The standard InChI is InChI=1S/C17H30N2OS/c1-10(2)9-20-15-8-14(17(15,6)7)19-12(4)16-11(3)18-13(5)21-16/h10,12,14-15,19H,8-9H2,1-7H3. The minimum atomic E-state index is 0.205. The van der Waals surface area contributed by atoms with Gasteiger partial charge in [0.15, 0.2) is 0 Å². The Kier molecular flexibility index (Phi) is 5.11. The van der Waals surface area contributed by atoms with Crippen LogP contribution in [0.15, 0.2) is 0 Å². The molecule has 3 unspecified atom stereocenters. The summed E-state index contributed by atoms with van der Waals surface area (Å²) in [4.78, 5) is 5.91. The summed E-state index contributed by atoms with van der Waals surface area (Å²) in [6.45, 7) is 16.3. The zero-order valence-corrected chi connectivity index (χ0v) is 15.3. The maximum absolute atomic E-state index is 6.05. The van der Waals surface area contributed by atoms with Gasteiger partial charge in [-0.1, -0.05) is 27.7 Å². The predicted octanol–water partition coefficient (Wildman–Crippen LogP) is 4.25. The highest BCUT2D eigenvalue weighted by molar-refractivity contribution is 7.11. The van der Waals surface area contributed by atoms with Crippen LogP contribution in [0.5, 0.6) is 0 Å². The summed E-state index contributed by atoms with van der Waals surface area (Å²) >= 11 is 1.81. The predicted molar refractivity (Wildman–Crippen MR) is 89.9 cm³/mol. The van der Waals surface area contributed by atoms with Crippen molar-refractivity contribution in [2.24, 2.45) is 11.3 Å². The van der Waals surface area contributed by atoms with Gasteiger partial charge < -0.3 is 10.1 Å². The molecule has 1 aromatic heterocycles. The van der Waals surface area contributed by atoms with Gasteiger partial charge in [-0.05, 0) is 33.1 Å². The Morgan fingerprint density at radius 2 is 2.00 bits per heavy atom. The van der Waals surface area contributed by atoms with Gasteiger partial charge in [-0.3, -0.25) is 0 Å². The zero-order valence-electron chi connectivity index (χ0n) is 14.5. The summed E-state index contributed by atoms with van der Waals surface area (Å²) in [5.41, 5.74) is 1.37. The SMILES string of the molecule is Cc1nc(C)c(C(C)NC2CC(OCC(C)C)C2(C)C)s1. The van der Waals surface area contributed by atoms with E-state index in [1.165, 1.54) is 10.6 Å². The number of aryl methyl sites for hydroxylation is 2. The summed E-state index contributed by atoms with van der Waals surface area (Å²) in [5, 5.41) is 4.94. The largest absolute Gasteiger partial charge is 0.377 e. The Morgan fingerprint density at radius 3 is 2.48 bits per heavy atom. The van der Waals surface area contributed by atoms with Crippen LogP contribution in [0.25, 0.3) is 0 Å². The van der Waals surface area contributed by atoms with Crippen LogP contribution in [0, 0.1) is 25.2 Å². The third-order valence-electron chi connectivity index (χ3n) is 4.59. The molecule has 2 rings (SSSR count). The van der Waals surface area contributed by atoms with Gasteiger partial charge in [0.2, 0.25) is 0 Å². The molecule has 1 heterocycles. The molecule has 1 N–H and O–H groups in total. The van der Waals surface area contributed by atoms with Gasteiger partial charge in [0, 0.05) is 29.0 Å². The highest BCUT2D eigenvalue weighted by Crippen LogP contribution is 2.44. The van der Waals surface area contributed by atoms with Crippen molar-refractivity contribution in [1.29, 1.82) is 0 Å². The number of nitrogens with zero attached hydrogens (tertiary/aromatic N) is 1. The van der Waals surface area contributed by atoms with E-state index in [2.05, 4.69) is 58.8 Å². The number of hydrogen-bond donors (Lipinski definition) is 1. The first kappa shape index (κ1) is 16.9. The lowest BCUT2D eigenvalue weighted by Crippen LogP contribution is -2.61. The Bertz CT molecular complexity index is 481. The van der Waals surface area contributed by atoms with Crippen LogP contribution in [0.4, 0.5) is 0 Å². The maximum atomic E-state index is 6.05. The fourth-order valence-electron chi connectivity index (χ4n) is 3.09. The van der Waals surface area contributed by atoms with E-state index in [9.17, 15) is 0 Å². The lowest BCUT2D eigenvalue weighted by Gasteiger charge is -2.53. The van der Waals surface area contributed by atoms with Crippen molar-refractivity contribution in [2.45, 2.75) is 73.1 Å². The molecule has 1 aliphatic carbocycles. The molecule has 0 aliphatic heterocycles. The maximum Gasteiger partial charge on any atom is 0.0900 e. The first-order valence-corrected chi connectivity index (χ1v) is 8.85. The van der Waals surface area contributed by atoms with Gasteiger partial charge >= 0.3 is 0 Å². The van der Waals surface area contributed by atoms with Crippen molar-refractivity contribution in [2.75, 3.05) is 6.61 Å². The van der Waals surface area contributed by atoms with Crippen LogP contribution < -0.4 is 5.32 Å². The van der Waals surface area contributed by atoms with Crippen molar-refractivity contribution in [1.82, 2.24) is 10.3 Å². The van der Waals surface area contributed by atoms with Crippen molar-refractivity contribution < 1.29 is 4.74 Å². The number of thiazole rings is 1. The fraction of sp³-hybridized carbons (Fsp3) is 0.824. The summed E-state index contributed by atoms with van der Waals surface area (Å²) in [6.07, 6.45) is 1.50. The molecule has 0 saturated heterocycles. The van der Waals surface area contributed by atoms with Gasteiger partial charge in [0.1, 0.15) is 0 Å². The van der Waals surface area contributed by atoms with Crippen LogP contribution >= 0.6 is 11.3 Å². The summed E-state index contributed by atoms with van der Waals surface area (Å²) in [7, 11) is 0. The lowest BCUT2D eigenvalue weighted by atomic mass is 9.64. The Morgan fingerprint density at radius 1 is 1.33 bits per heavy atom. The molecule has 4 heteroatoms. The molecule has 0 radical (unpaired) electrons. The number of ether oxygens (including phenoxy) is 1. The summed E-state index contributed by atoms with van der Waals surface area (Å²) in [6, 6.07) is 0.887. The van der Waals surface area contributed by atoms with Crippen LogP contribution in [-0.2, 0) is 4.74 Å². The molecule has 0 aromatic carbocycles. The normalized spacial score (nSPS) is 25.9. The smallest absolute Gasteiger partial charge is 0.0900 e. The molecule has 1 aromatic rings. The van der Waals surface area contributed by atoms with Crippen molar-refractivity contribution >= 4 is 11.3 Å². The highest BCUT2D eigenvalue weighted by Gasteiger charge is 2.49. The topological polar surface area (TPSA) is 34.2 Å². The Labute approximate surface area is 133 Å². The van der Waals surface area contributed by atoms with E-state index >= 15 is 0 Å². The van der Waals surface area contributed by atoms with E-state index in [0.717, 1.165) is 18.0 Å². The minimum absolute atomic E-state index is 0.205. The molecule has 1 fully saturated rings. The highest BCUT2D eigenvalue weighted by atomic mass is 32.1. The van der Waals surface area contributed by atoms with Gasteiger partial charge in [-0.15, -0.1) is 11.3 Å². The first-order chi connectivity index (χ1) is 9.71. The van der Waals surface area contributed by atoms with Gasteiger partial charge in [0.25, 0.3) is 0 Å². The molecular weight excluding hydrogens is 280 g/mol. The quantitative estimate of drug-likeness (QED) is 0.853. The molecular formula is C17H30N2OS. The van der Waals surface area contributed by atoms with E-state index in [1.54, 1.807) is 0 Å². The van der Waals surface area contributed by atoms with E-state index in [0.29, 0.717) is 24.1 Å². The number of nitrogens with one attached hydrogen (secondary N) is 1. The van der Waals surface area contributed by atoms with E-state index in [4.69, 9.17) is 4.74 Å². The van der Waals surface area contributed by atoms with Gasteiger partial charge in [-0.2, -0.15) is 0 Å². The van der Waals surface area contributed by atoms with Crippen LogP contribution in [0.1, 0.15) is 62.7 Å². The molecule has 0 spiro atoms.